The molecule has 0 saturated heterocycles. The van der Waals surface area contributed by atoms with E-state index in [9.17, 15) is 14.7 Å². The van der Waals surface area contributed by atoms with Gasteiger partial charge in [0.05, 0.1) is 13.3 Å². The van der Waals surface area contributed by atoms with Crippen molar-refractivity contribution in [1.29, 1.82) is 0 Å². The summed E-state index contributed by atoms with van der Waals surface area (Å²) < 4.78 is 5.13. The van der Waals surface area contributed by atoms with E-state index in [4.69, 9.17) is 4.74 Å². The maximum Gasteiger partial charge on any atom is 0.326 e. The van der Waals surface area contributed by atoms with Crippen molar-refractivity contribution >= 4 is 23.2 Å². The number of aromatic nitrogens is 1. The minimum Gasteiger partial charge on any atom is -0.497 e. The van der Waals surface area contributed by atoms with Crippen molar-refractivity contribution in [1.82, 2.24) is 9.88 Å². The number of aliphatic carboxylic acids is 1. The zero-order valence-corrected chi connectivity index (χ0v) is 14.2. The van der Waals surface area contributed by atoms with Gasteiger partial charge in [-0.2, -0.15) is 0 Å². The minimum absolute atomic E-state index is 0.0233. The second-order valence-corrected chi connectivity index (χ2v) is 6.75. The first kappa shape index (κ1) is 16.4. The summed E-state index contributed by atoms with van der Waals surface area (Å²) >= 11 is 1.27. The average molecular weight is 346 g/mol. The molecular formula is C17H18N2O4S. The van der Waals surface area contributed by atoms with E-state index in [1.165, 1.54) is 22.4 Å². The topological polar surface area (TPSA) is 79.7 Å². The van der Waals surface area contributed by atoms with E-state index in [0.717, 1.165) is 29.2 Å². The van der Waals surface area contributed by atoms with E-state index in [1.807, 2.05) is 24.3 Å². The third-order valence-electron chi connectivity index (χ3n) is 4.00. The van der Waals surface area contributed by atoms with E-state index < -0.39 is 12.0 Å². The maximum absolute atomic E-state index is 12.7. The number of nitrogens with zero attached hydrogens (tertiary/aromatic N) is 2. The molecule has 1 fully saturated rings. The van der Waals surface area contributed by atoms with Crippen LogP contribution in [0.1, 0.15) is 29.4 Å². The van der Waals surface area contributed by atoms with Crippen LogP contribution >= 0.6 is 11.3 Å². The highest BCUT2D eigenvalue weighted by Crippen LogP contribution is 2.33. The molecule has 0 spiro atoms. The van der Waals surface area contributed by atoms with E-state index in [2.05, 4.69) is 4.98 Å². The van der Waals surface area contributed by atoms with Gasteiger partial charge in [-0.3, -0.25) is 4.79 Å². The Bertz CT molecular complexity index is 752. The molecule has 1 amide bonds. The van der Waals surface area contributed by atoms with Gasteiger partial charge >= 0.3 is 5.97 Å². The number of hydrogen-bond donors (Lipinski definition) is 1. The predicted octanol–water partition coefficient (Wildman–Crippen LogP) is 2.90. The molecule has 1 aliphatic carbocycles. The number of amides is 1. The van der Waals surface area contributed by atoms with E-state index in [0.29, 0.717) is 4.88 Å². The third kappa shape index (κ3) is 3.26. The fourth-order valence-corrected chi connectivity index (χ4v) is 3.36. The number of ether oxygens (including phenoxy) is 1. The SMILES string of the molecule is COc1ccc(-c2ncc(C(=O)N(C3CC3)C(C)C(=O)O)s2)cc1. The van der Waals surface area contributed by atoms with Gasteiger partial charge in [-0.25, -0.2) is 9.78 Å². The van der Waals surface area contributed by atoms with Gasteiger partial charge in [0.25, 0.3) is 5.91 Å². The number of carbonyl (C=O) groups is 2. The molecule has 1 aliphatic rings. The lowest BCUT2D eigenvalue weighted by Gasteiger charge is -2.25. The molecule has 1 aromatic carbocycles. The van der Waals surface area contributed by atoms with Gasteiger partial charge < -0.3 is 14.7 Å². The molecule has 1 N–H and O–H groups in total. The third-order valence-corrected chi connectivity index (χ3v) is 5.04. The average Bonchev–Trinajstić information content (AvgIpc) is 3.29. The molecule has 126 valence electrons. The zero-order chi connectivity index (χ0) is 17.3. The van der Waals surface area contributed by atoms with Gasteiger partial charge in [-0.05, 0) is 44.0 Å². The van der Waals surface area contributed by atoms with Crippen molar-refractivity contribution in [2.75, 3.05) is 7.11 Å². The lowest BCUT2D eigenvalue weighted by atomic mass is 10.2. The summed E-state index contributed by atoms with van der Waals surface area (Å²) in [5, 5.41) is 9.96. The number of carbonyl (C=O) groups excluding carboxylic acids is 1. The standard InChI is InChI=1S/C17H18N2O4S/c1-10(17(21)22)19(12-5-6-12)16(20)14-9-18-15(24-14)11-3-7-13(23-2)8-4-11/h3-4,7-10,12H,5-6H2,1-2H3,(H,21,22). The van der Waals surface area contributed by atoms with E-state index in [1.54, 1.807) is 14.0 Å². The lowest BCUT2D eigenvalue weighted by molar-refractivity contribution is -0.141. The van der Waals surface area contributed by atoms with Crippen molar-refractivity contribution < 1.29 is 19.4 Å². The van der Waals surface area contributed by atoms with Crippen LogP contribution in [0.15, 0.2) is 30.5 Å². The summed E-state index contributed by atoms with van der Waals surface area (Å²) in [5.74, 6) is -0.499. The van der Waals surface area contributed by atoms with Crippen LogP contribution in [0.3, 0.4) is 0 Å². The normalized spacial score (nSPS) is 14.9. The lowest BCUT2D eigenvalue weighted by Crippen LogP contribution is -2.44. The van der Waals surface area contributed by atoms with Crippen LogP contribution in [-0.4, -0.2) is 46.1 Å². The van der Waals surface area contributed by atoms with Crippen LogP contribution < -0.4 is 4.74 Å². The highest BCUT2D eigenvalue weighted by molar-refractivity contribution is 7.16. The van der Waals surface area contributed by atoms with Gasteiger partial charge in [0.1, 0.15) is 21.7 Å². The first-order valence-electron chi connectivity index (χ1n) is 7.67. The summed E-state index contributed by atoms with van der Waals surface area (Å²) in [4.78, 5) is 30.2. The Morgan fingerprint density at radius 1 is 1.33 bits per heavy atom. The van der Waals surface area contributed by atoms with Gasteiger partial charge in [0.2, 0.25) is 0 Å². The number of carboxylic acid groups (broad SMARTS) is 1. The molecule has 1 aromatic heterocycles. The van der Waals surface area contributed by atoms with Crippen molar-refractivity contribution in [2.24, 2.45) is 0 Å². The molecule has 1 heterocycles. The molecule has 0 aliphatic heterocycles. The number of rotatable bonds is 6. The molecule has 1 saturated carbocycles. The number of benzene rings is 1. The molecule has 7 heteroatoms. The van der Waals surface area contributed by atoms with E-state index in [-0.39, 0.29) is 11.9 Å². The first-order valence-corrected chi connectivity index (χ1v) is 8.48. The Labute approximate surface area is 143 Å². The monoisotopic (exact) mass is 346 g/mol. The molecule has 0 bridgehead atoms. The number of hydrogen-bond acceptors (Lipinski definition) is 5. The van der Waals surface area contributed by atoms with Crippen molar-refractivity contribution in [2.45, 2.75) is 31.8 Å². The zero-order valence-electron chi connectivity index (χ0n) is 13.4. The molecular weight excluding hydrogens is 328 g/mol. The van der Waals surface area contributed by atoms with Crippen LogP contribution in [-0.2, 0) is 4.79 Å². The van der Waals surface area contributed by atoms with Gasteiger partial charge in [-0.1, -0.05) is 0 Å². The highest BCUT2D eigenvalue weighted by atomic mass is 32.1. The Morgan fingerprint density at radius 2 is 2.00 bits per heavy atom. The predicted molar refractivity (Wildman–Crippen MR) is 90.4 cm³/mol. The smallest absolute Gasteiger partial charge is 0.326 e. The second kappa shape index (κ2) is 6.60. The first-order chi connectivity index (χ1) is 11.5. The summed E-state index contributed by atoms with van der Waals surface area (Å²) in [7, 11) is 1.60. The van der Waals surface area contributed by atoms with Crippen molar-refractivity contribution in [3.63, 3.8) is 0 Å². The molecule has 1 atom stereocenters. The summed E-state index contributed by atoms with van der Waals surface area (Å²) in [6.45, 7) is 1.55. The van der Waals surface area contributed by atoms with Crippen molar-refractivity contribution in [3.05, 3.63) is 35.3 Å². The van der Waals surface area contributed by atoms with Crippen molar-refractivity contribution in [3.8, 4) is 16.3 Å². The Kier molecular flexibility index (Phi) is 4.53. The van der Waals surface area contributed by atoms with Gasteiger partial charge in [-0.15, -0.1) is 11.3 Å². The maximum atomic E-state index is 12.7. The fourth-order valence-electron chi connectivity index (χ4n) is 2.50. The molecule has 0 radical (unpaired) electrons. The molecule has 3 rings (SSSR count). The Balaban J connectivity index is 1.83. The van der Waals surface area contributed by atoms with Crippen LogP contribution in [0.5, 0.6) is 5.75 Å². The fraction of sp³-hybridized carbons (Fsp3) is 0.353. The molecule has 2 aromatic rings. The summed E-state index contributed by atoms with van der Waals surface area (Å²) in [6, 6.07) is 6.61. The molecule has 24 heavy (non-hydrogen) atoms. The quantitative estimate of drug-likeness (QED) is 0.870. The Hall–Kier alpha value is -2.41. The largest absolute Gasteiger partial charge is 0.497 e. The van der Waals surface area contributed by atoms with Crippen LogP contribution in [0.4, 0.5) is 0 Å². The number of thiazole rings is 1. The Morgan fingerprint density at radius 3 is 2.54 bits per heavy atom. The summed E-state index contributed by atoms with van der Waals surface area (Å²) in [6.07, 6.45) is 3.23. The van der Waals surface area contributed by atoms with Gasteiger partial charge in [0, 0.05) is 11.6 Å². The summed E-state index contributed by atoms with van der Waals surface area (Å²) in [5.41, 5.74) is 0.893. The highest BCUT2D eigenvalue weighted by Gasteiger charge is 2.39. The molecule has 1 unspecified atom stereocenters. The van der Waals surface area contributed by atoms with Gasteiger partial charge in [0.15, 0.2) is 0 Å². The van der Waals surface area contributed by atoms with Crippen LogP contribution in [0, 0.1) is 0 Å². The number of carboxylic acids is 1. The van der Waals surface area contributed by atoms with Crippen LogP contribution in [0.2, 0.25) is 0 Å². The van der Waals surface area contributed by atoms with Crippen LogP contribution in [0.25, 0.3) is 10.6 Å². The minimum atomic E-state index is -0.991. The number of methoxy groups -OCH3 is 1. The second-order valence-electron chi connectivity index (χ2n) is 5.72. The molecule has 6 nitrogen and oxygen atoms in total. The van der Waals surface area contributed by atoms with E-state index >= 15 is 0 Å².